The summed E-state index contributed by atoms with van der Waals surface area (Å²) in [6, 6.07) is 6.04. The average molecular weight is 263 g/mol. The highest BCUT2D eigenvalue weighted by Crippen LogP contribution is 2.33. The van der Waals surface area contributed by atoms with E-state index in [0.717, 1.165) is 36.5 Å². The molecule has 2 aliphatic heterocycles. The Labute approximate surface area is 113 Å². The van der Waals surface area contributed by atoms with Crippen LogP contribution in [0.25, 0.3) is 0 Å². The predicted octanol–water partition coefficient (Wildman–Crippen LogP) is 2.42. The van der Waals surface area contributed by atoms with Crippen molar-refractivity contribution >= 4 is 0 Å². The molecule has 0 saturated carbocycles. The van der Waals surface area contributed by atoms with Crippen LogP contribution in [0.4, 0.5) is 0 Å². The highest BCUT2D eigenvalue weighted by atomic mass is 16.6. The Morgan fingerprint density at radius 1 is 1.16 bits per heavy atom. The maximum absolute atomic E-state index is 6.25. The first kappa shape index (κ1) is 12.8. The smallest absolute Gasteiger partial charge is 0.161 e. The minimum absolute atomic E-state index is 0.0417. The molecule has 2 unspecified atom stereocenters. The second-order valence-corrected chi connectivity index (χ2v) is 5.22. The van der Waals surface area contributed by atoms with E-state index >= 15 is 0 Å². The van der Waals surface area contributed by atoms with Crippen LogP contribution in [0.15, 0.2) is 18.2 Å². The van der Waals surface area contributed by atoms with Gasteiger partial charge in [-0.15, -0.1) is 0 Å². The van der Waals surface area contributed by atoms with Gasteiger partial charge in [0, 0.05) is 12.6 Å². The number of rotatable bonds is 4. The SMILES string of the molecule is NC(CCC1CCCO1)c1ccc2c(c1)OCCO2. The monoisotopic (exact) mass is 263 g/mol. The molecule has 4 heteroatoms. The summed E-state index contributed by atoms with van der Waals surface area (Å²) in [5.41, 5.74) is 7.37. The minimum atomic E-state index is 0.0417. The van der Waals surface area contributed by atoms with Crippen LogP contribution in [0.1, 0.15) is 37.3 Å². The van der Waals surface area contributed by atoms with E-state index in [2.05, 4.69) is 0 Å². The number of hydrogen-bond donors (Lipinski definition) is 1. The number of hydrogen-bond acceptors (Lipinski definition) is 4. The molecule has 2 heterocycles. The van der Waals surface area contributed by atoms with Gasteiger partial charge in [0.2, 0.25) is 0 Å². The van der Waals surface area contributed by atoms with Crippen molar-refractivity contribution in [3.05, 3.63) is 23.8 Å². The number of nitrogens with two attached hydrogens (primary N) is 1. The first-order chi connectivity index (χ1) is 9.33. The molecule has 2 atom stereocenters. The fraction of sp³-hybridized carbons (Fsp3) is 0.600. The van der Waals surface area contributed by atoms with Crippen LogP contribution in [0.5, 0.6) is 11.5 Å². The molecule has 0 aromatic heterocycles. The van der Waals surface area contributed by atoms with Crippen molar-refractivity contribution in [1.29, 1.82) is 0 Å². The molecule has 1 saturated heterocycles. The van der Waals surface area contributed by atoms with Crippen LogP contribution in [0, 0.1) is 0 Å². The zero-order valence-electron chi connectivity index (χ0n) is 11.1. The normalized spacial score (nSPS) is 23.3. The molecule has 0 bridgehead atoms. The zero-order valence-corrected chi connectivity index (χ0v) is 11.1. The third kappa shape index (κ3) is 3.01. The standard InChI is InChI=1S/C15H21NO3/c16-13(5-4-12-2-1-7-17-12)11-3-6-14-15(10-11)19-9-8-18-14/h3,6,10,12-13H,1-2,4-5,7-9,16H2. The fourth-order valence-electron chi connectivity index (χ4n) is 2.69. The third-order valence-corrected chi connectivity index (χ3v) is 3.82. The first-order valence-corrected chi connectivity index (χ1v) is 7.09. The molecular weight excluding hydrogens is 242 g/mol. The maximum Gasteiger partial charge on any atom is 0.161 e. The molecule has 0 aliphatic carbocycles. The van der Waals surface area contributed by atoms with Crippen molar-refractivity contribution in [2.45, 2.75) is 37.8 Å². The van der Waals surface area contributed by atoms with Gasteiger partial charge in [-0.05, 0) is 43.4 Å². The molecule has 0 radical (unpaired) electrons. The van der Waals surface area contributed by atoms with E-state index in [1.165, 1.54) is 12.8 Å². The largest absolute Gasteiger partial charge is 0.486 e. The highest BCUT2D eigenvalue weighted by molar-refractivity contribution is 5.44. The van der Waals surface area contributed by atoms with Gasteiger partial charge in [-0.3, -0.25) is 0 Å². The van der Waals surface area contributed by atoms with Gasteiger partial charge in [-0.2, -0.15) is 0 Å². The predicted molar refractivity (Wildman–Crippen MR) is 72.6 cm³/mol. The number of fused-ring (bicyclic) bond motifs is 1. The third-order valence-electron chi connectivity index (χ3n) is 3.82. The summed E-state index contributed by atoms with van der Waals surface area (Å²) in [6.45, 7) is 2.14. The van der Waals surface area contributed by atoms with Gasteiger partial charge in [0.15, 0.2) is 11.5 Å². The Kier molecular flexibility index (Phi) is 3.89. The van der Waals surface area contributed by atoms with Crippen molar-refractivity contribution < 1.29 is 14.2 Å². The molecule has 3 rings (SSSR count). The number of benzene rings is 1. The molecule has 0 amide bonds. The molecule has 1 aromatic rings. The Balaban J connectivity index is 1.60. The molecule has 2 aliphatic rings. The van der Waals surface area contributed by atoms with Crippen LogP contribution in [0.3, 0.4) is 0 Å². The summed E-state index contributed by atoms with van der Waals surface area (Å²) < 4.78 is 16.7. The summed E-state index contributed by atoms with van der Waals surface area (Å²) in [5, 5.41) is 0. The maximum atomic E-state index is 6.25. The van der Waals surface area contributed by atoms with E-state index in [-0.39, 0.29) is 6.04 Å². The lowest BCUT2D eigenvalue weighted by Gasteiger charge is -2.21. The van der Waals surface area contributed by atoms with E-state index in [9.17, 15) is 0 Å². The molecule has 2 N–H and O–H groups in total. The Bertz CT molecular complexity index is 429. The number of ether oxygens (including phenoxy) is 3. The van der Waals surface area contributed by atoms with Crippen molar-refractivity contribution in [1.82, 2.24) is 0 Å². The van der Waals surface area contributed by atoms with E-state index in [4.69, 9.17) is 19.9 Å². The topological polar surface area (TPSA) is 53.7 Å². The zero-order chi connectivity index (χ0) is 13.1. The summed E-state index contributed by atoms with van der Waals surface area (Å²) in [4.78, 5) is 0. The van der Waals surface area contributed by atoms with E-state index in [1.54, 1.807) is 0 Å². The quantitative estimate of drug-likeness (QED) is 0.906. The minimum Gasteiger partial charge on any atom is -0.486 e. The highest BCUT2D eigenvalue weighted by Gasteiger charge is 2.18. The molecular formula is C15H21NO3. The first-order valence-electron chi connectivity index (χ1n) is 7.09. The Morgan fingerprint density at radius 2 is 2.00 bits per heavy atom. The lowest BCUT2D eigenvalue weighted by molar-refractivity contribution is 0.101. The second kappa shape index (κ2) is 5.80. The van der Waals surface area contributed by atoms with E-state index < -0.39 is 0 Å². The van der Waals surface area contributed by atoms with Crippen molar-refractivity contribution in [3.63, 3.8) is 0 Å². The van der Waals surface area contributed by atoms with Crippen LogP contribution in [0.2, 0.25) is 0 Å². The molecule has 104 valence electrons. The van der Waals surface area contributed by atoms with Crippen molar-refractivity contribution in [3.8, 4) is 11.5 Å². The fourth-order valence-corrected chi connectivity index (χ4v) is 2.69. The molecule has 1 aromatic carbocycles. The summed E-state index contributed by atoms with van der Waals surface area (Å²) >= 11 is 0. The van der Waals surface area contributed by atoms with Crippen LogP contribution < -0.4 is 15.2 Å². The average Bonchev–Trinajstić information content (AvgIpc) is 2.97. The summed E-state index contributed by atoms with van der Waals surface area (Å²) in [7, 11) is 0. The Hall–Kier alpha value is -1.26. The lowest BCUT2D eigenvalue weighted by atomic mass is 9.99. The van der Waals surface area contributed by atoms with E-state index in [0.29, 0.717) is 19.3 Å². The molecule has 4 nitrogen and oxygen atoms in total. The van der Waals surface area contributed by atoms with Crippen LogP contribution >= 0.6 is 0 Å². The van der Waals surface area contributed by atoms with Gasteiger partial charge >= 0.3 is 0 Å². The van der Waals surface area contributed by atoms with Crippen LogP contribution in [-0.2, 0) is 4.74 Å². The lowest BCUT2D eigenvalue weighted by Crippen LogP contribution is -2.17. The van der Waals surface area contributed by atoms with Gasteiger partial charge in [-0.25, -0.2) is 0 Å². The summed E-state index contributed by atoms with van der Waals surface area (Å²) in [5.74, 6) is 1.64. The molecule has 1 fully saturated rings. The second-order valence-electron chi connectivity index (χ2n) is 5.22. The van der Waals surface area contributed by atoms with Gasteiger partial charge in [-0.1, -0.05) is 6.07 Å². The van der Waals surface area contributed by atoms with E-state index in [1.807, 2.05) is 18.2 Å². The van der Waals surface area contributed by atoms with Gasteiger partial charge in [0.1, 0.15) is 13.2 Å². The molecule has 19 heavy (non-hydrogen) atoms. The molecule has 0 spiro atoms. The Morgan fingerprint density at radius 3 is 2.79 bits per heavy atom. The van der Waals surface area contributed by atoms with Crippen LogP contribution in [-0.4, -0.2) is 25.9 Å². The summed E-state index contributed by atoms with van der Waals surface area (Å²) in [6.07, 6.45) is 4.75. The van der Waals surface area contributed by atoms with Gasteiger partial charge < -0.3 is 19.9 Å². The van der Waals surface area contributed by atoms with Gasteiger partial charge in [0.25, 0.3) is 0 Å². The van der Waals surface area contributed by atoms with Gasteiger partial charge in [0.05, 0.1) is 6.10 Å². The van der Waals surface area contributed by atoms with Crippen molar-refractivity contribution in [2.75, 3.05) is 19.8 Å². The van der Waals surface area contributed by atoms with Crippen molar-refractivity contribution in [2.24, 2.45) is 5.73 Å².